The predicted molar refractivity (Wildman–Crippen MR) is 25.6 cm³/mol. The van der Waals surface area contributed by atoms with E-state index < -0.39 is 7.88 Å². The molecule has 0 saturated carbocycles. The Balaban J connectivity index is 3.17. The van der Waals surface area contributed by atoms with Gasteiger partial charge in [0.05, 0.1) is 0 Å². The summed E-state index contributed by atoms with van der Waals surface area (Å²) in [6.07, 6.45) is 0.0486. The Kier molecular flexibility index (Phi) is 1.92. The van der Waals surface area contributed by atoms with E-state index in [1.54, 1.807) is 0 Å². The lowest BCUT2D eigenvalue weighted by Gasteiger charge is -1.88. The van der Waals surface area contributed by atoms with Gasteiger partial charge in [-0.05, 0) is 15.3 Å². The van der Waals surface area contributed by atoms with Gasteiger partial charge >= 0.3 is 7.88 Å². The van der Waals surface area contributed by atoms with Crippen molar-refractivity contribution in [1.82, 2.24) is 0 Å². The Morgan fingerprint density at radius 1 is 1.50 bits per heavy atom. The van der Waals surface area contributed by atoms with Crippen molar-refractivity contribution in [1.29, 1.82) is 0 Å². The molecule has 0 heterocycles. The van der Waals surface area contributed by atoms with Crippen LogP contribution in [0, 0.1) is 0 Å². The van der Waals surface area contributed by atoms with Crippen molar-refractivity contribution in [3.05, 3.63) is 0 Å². The van der Waals surface area contributed by atoms with Crippen molar-refractivity contribution in [3.8, 4) is 0 Å². The van der Waals surface area contributed by atoms with Gasteiger partial charge in [-0.2, -0.15) is 0 Å². The summed E-state index contributed by atoms with van der Waals surface area (Å²) < 4.78 is 23.1. The third-order valence-electron chi connectivity index (χ3n) is 0.555. The van der Waals surface area contributed by atoms with Gasteiger partial charge in [-0.25, -0.2) is 0 Å². The Morgan fingerprint density at radius 3 is 1.67 bits per heavy atom. The average molecular weight is 113 g/mol. The normalized spacial score (nSPS) is 12.0. The van der Waals surface area contributed by atoms with Crippen LogP contribution in [0.2, 0.25) is 0 Å². The molecule has 0 nitrogen and oxygen atoms in total. The molecule has 0 atom stereocenters. The van der Waals surface area contributed by atoms with Gasteiger partial charge in [0.25, 0.3) is 0 Å². The molecule has 6 heavy (non-hydrogen) atoms. The maximum absolute atomic E-state index is 11.6. The average Bonchev–Trinajstić information content (AvgIpc) is 1.35. The Labute approximate surface area is 37.1 Å². The molecule has 0 radical (unpaired) electrons. The first-order chi connectivity index (χ1) is 2.56. The van der Waals surface area contributed by atoms with Gasteiger partial charge in [0.2, 0.25) is 0 Å². The molecule has 0 aliphatic heterocycles. The minimum Gasteiger partial charge on any atom is -0.0253 e. The van der Waals surface area contributed by atoms with Crippen LogP contribution in [0.15, 0.2) is 0 Å². The largest absolute Gasteiger partial charge is 0.384 e. The van der Waals surface area contributed by atoms with Crippen LogP contribution in [0.1, 0.15) is 6.92 Å². The van der Waals surface area contributed by atoms with Crippen molar-refractivity contribution < 1.29 is 8.39 Å². The van der Waals surface area contributed by atoms with E-state index in [0.29, 0.717) is 0 Å². The molecule has 3 heteroatoms. The predicted octanol–water partition coefficient (Wildman–Crippen LogP) is 2.42. The highest BCUT2D eigenvalue weighted by Crippen LogP contribution is 2.57. The van der Waals surface area contributed by atoms with E-state index in [1.165, 1.54) is 6.92 Å². The molecule has 38 valence electrons. The molecule has 0 spiro atoms. The summed E-state index contributed by atoms with van der Waals surface area (Å²) in [5, 5.41) is 0. The smallest absolute Gasteiger partial charge is 0.0253 e. The van der Waals surface area contributed by atoms with E-state index in [2.05, 4.69) is 0 Å². The minimum atomic E-state index is -3.40. The van der Waals surface area contributed by atoms with Crippen LogP contribution in [0.3, 0.4) is 0 Å². The highest BCUT2D eigenvalue weighted by molar-refractivity contribution is 7.64. The second kappa shape index (κ2) is 1.83. The van der Waals surface area contributed by atoms with E-state index in [-0.39, 0.29) is 6.16 Å². The van der Waals surface area contributed by atoms with Gasteiger partial charge in [0.15, 0.2) is 0 Å². The molecular formula is C3H8F2P+. The van der Waals surface area contributed by atoms with Crippen LogP contribution in [0.25, 0.3) is 0 Å². The molecule has 0 amide bonds. The third-order valence-corrected chi connectivity index (χ3v) is 1.67. The quantitative estimate of drug-likeness (QED) is 0.458. The summed E-state index contributed by atoms with van der Waals surface area (Å²) in [4.78, 5) is 0. The summed E-state index contributed by atoms with van der Waals surface area (Å²) in [6, 6.07) is 0. The molecule has 0 aromatic carbocycles. The monoisotopic (exact) mass is 113 g/mol. The van der Waals surface area contributed by atoms with E-state index in [0.717, 1.165) is 6.66 Å². The van der Waals surface area contributed by atoms with Crippen LogP contribution < -0.4 is 0 Å². The number of rotatable bonds is 1. The molecule has 0 fully saturated rings. The summed E-state index contributed by atoms with van der Waals surface area (Å²) in [6.45, 7) is 2.53. The molecule has 0 bridgehead atoms. The molecule has 0 unspecified atom stereocenters. The highest BCUT2D eigenvalue weighted by atomic mass is 31.2. The van der Waals surface area contributed by atoms with Crippen molar-refractivity contribution in [3.63, 3.8) is 0 Å². The number of hydrogen-bond donors (Lipinski definition) is 0. The zero-order valence-corrected chi connectivity index (χ0v) is 4.80. The molecule has 0 saturated heterocycles. The standard InChI is InChI=1S/C3H8F2P/c1-3-6(2,4)5/h3H2,1-2H3/q+1. The van der Waals surface area contributed by atoms with E-state index in [4.69, 9.17) is 0 Å². The van der Waals surface area contributed by atoms with Crippen molar-refractivity contribution in [2.24, 2.45) is 0 Å². The lowest BCUT2D eigenvalue weighted by Crippen LogP contribution is -1.73. The molecule has 0 aliphatic rings. The van der Waals surface area contributed by atoms with E-state index in [9.17, 15) is 8.39 Å². The SMILES string of the molecule is CC[P+](C)(F)F. The fourth-order valence-electron chi connectivity index (χ4n) is 0. The van der Waals surface area contributed by atoms with Crippen molar-refractivity contribution in [2.75, 3.05) is 12.8 Å². The van der Waals surface area contributed by atoms with Gasteiger partial charge < -0.3 is 0 Å². The van der Waals surface area contributed by atoms with Crippen LogP contribution in [0.4, 0.5) is 8.39 Å². The lowest BCUT2D eigenvalue weighted by atomic mass is 11.0. The molecule has 0 rings (SSSR count). The lowest BCUT2D eigenvalue weighted by molar-refractivity contribution is 0.713. The van der Waals surface area contributed by atoms with E-state index >= 15 is 0 Å². The van der Waals surface area contributed by atoms with Gasteiger partial charge in [-0.15, -0.1) is 0 Å². The third kappa shape index (κ3) is 4.29. The highest BCUT2D eigenvalue weighted by Gasteiger charge is 2.29. The molecular weight excluding hydrogens is 105 g/mol. The molecule has 0 aromatic rings. The van der Waals surface area contributed by atoms with Gasteiger partial charge in [0.1, 0.15) is 12.8 Å². The summed E-state index contributed by atoms with van der Waals surface area (Å²) in [7, 11) is -3.40. The Bertz CT molecular complexity index is 38.5. The minimum absolute atomic E-state index is 0.0486. The fraction of sp³-hybridized carbons (Fsp3) is 1.00. The first kappa shape index (κ1) is 6.29. The van der Waals surface area contributed by atoms with Gasteiger partial charge in [0, 0.05) is 0 Å². The summed E-state index contributed by atoms with van der Waals surface area (Å²) in [5.74, 6) is 0. The van der Waals surface area contributed by atoms with Crippen LogP contribution in [-0.4, -0.2) is 12.8 Å². The summed E-state index contributed by atoms with van der Waals surface area (Å²) >= 11 is 0. The number of halogens is 2. The van der Waals surface area contributed by atoms with Crippen LogP contribution in [-0.2, 0) is 0 Å². The Hall–Kier alpha value is 0.290. The van der Waals surface area contributed by atoms with Crippen molar-refractivity contribution >= 4 is 7.88 Å². The first-order valence-corrected chi connectivity index (χ1v) is 4.01. The first-order valence-electron chi connectivity index (χ1n) is 1.81. The summed E-state index contributed by atoms with van der Waals surface area (Å²) in [5.41, 5.74) is 0. The molecule has 0 N–H and O–H groups in total. The second-order valence-corrected chi connectivity index (χ2v) is 3.82. The molecule has 0 aromatic heterocycles. The zero-order valence-electron chi connectivity index (χ0n) is 3.91. The van der Waals surface area contributed by atoms with Gasteiger partial charge in [-0.1, -0.05) is 0 Å². The number of hydrogen-bond acceptors (Lipinski definition) is 0. The van der Waals surface area contributed by atoms with Crippen molar-refractivity contribution in [2.45, 2.75) is 6.92 Å². The zero-order chi connectivity index (χ0) is 5.21. The fourth-order valence-corrected chi connectivity index (χ4v) is 0. The maximum Gasteiger partial charge on any atom is 0.384 e. The topological polar surface area (TPSA) is 0 Å². The van der Waals surface area contributed by atoms with Crippen LogP contribution >= 0.6 is 7.88 Å². The van der Waals surface area contributed by atoms with Gasteiger partial charge in [-0.3, -0.25) is 0 Å². The maximum atomic E-state index is 11.6. The van der Waals surface area contributed by atoms with Crippen LogP contribution in [0.5, 0.6) is 0 Å². The molecule has 0 aliphatic carbocycles. The van der Waals surface area contributed by atoms with E-state index in [1.807, 2.05) is 0 Å². The second-order valence-electron chi connectivity index (χ2n) is 1.27. The Morgan fingerprint density at radius 2 is 1.67 bits per heavy atom.